The summed E-state index contributed by atoms with van der Waals surface area (Å²) >= 11 is 0. The van der Waals surface area contributed by atoms with Crippen LogP contribution >= 0.6 is 0 Å². The highest BCUT2D eigenvalue weighted by molar-refractivity contribution is 5.74. The fourth-order valence-electron chi connectivity index (χ4n) is 3.29. The van der Waals surface area contributed by atoms with Crippen molar-refractivity contribution < 1.29 is 23.1 Å². The summed E-state index contributed by atoms with van der Waals surface area (Å²) < 4.78 is 38.2. The van der Waals surface area contributed by atoms with Gasteiger partial charge in [-0.3, -0.25) is 0 Å². The third-order valence-electron chi connectivity index (χ3n) is 4.85. The van der Waals surface area contributed by atoms with Crippen molar-refractivity contribution in [3.8, 4) is 0 Å². The van der Waals surface area contributed by atoms with Crippen molar-refractivity contribution in [3.63, 3.8) is 0 Å². The van der Waals surface area contributed by atoms with Crippen LogP contribution in [0.3, 0.4) is 0 Å². The molecule has 0 aromatic rings. The van der Waals surface area contributed by atoms with Crippen molar-refractivity contribution in [1.82, 2.24) is 15.1 Å². The zero-order chi connectivity index (χ0) is 17.1. The number of carbonyl (C=O) groups is 1. The number of hydrogen-bond acceptors (Lipinski definition) is 3. The largest absolute Gasteiger partial charge is 0.417 e. The molecule has 2 fully saturated rings. The predicted molar refractivity (Wildman–Crippen MR) is 80.0 cm³/mol. The van der Waals surface area contributed by atoms with Gasteiger partial charge in [0.15, 0.2) is 5.60 Å². The molecule has 2 aliphatic rings. The molecule has 0 aliphatic carbocycles. The third-order valence-corrected chi connectivity index (χ3v) is 4.85. The molecule has 134 valence electrons. The summed E-state index contributed by atoms with van der Waals surface area (Å²) in [6.45, 7) is 5.36. The zero-order valence-electron chi connectivity index (χ0n) is 13.5. The fourth-order valence-corrected chi connectivity index (χ4v) is 3.29. The number of aliphatic hydroxyl groups is 1. The molecule has 0 bridgehead atoms. The maximum absolute atomic E-state index is 12.7. The summed E-state index contributed by atoms with van der Waals surface area (Å²) in [5.41, 5.74) is -2.66. The van der Waals surface area contributed by atoms with E-state index >= 15 is 0 Å². The Morgan fingerprint density at radius 1 is 1.30 bits per heavy atom. The Kier molecular flexibility index (Phi) is 5.78. The van der Waals surface area contributed by atoms with Crippen LogP contribution in [0, 0.1) is 5.92 Å². The van der Waals surface area contributed by atoms with E-state index in [0.717, 1.165) is 26.1 Å². The molecule has 1 unspecified atom stereocenters. The van der Waals surface area contributed by atoms with Crippen molar-refractivity contribution in [3.05, 3.63) is 0 Å². The van der Waals surface area contributed by atoms with Crippen molar-refractivity contribution in [1.29, 1.82) is 0 Å². The minimum atomic E-state index is -4.64. The highest BCUT2D eigenvalue weighted by Crippen LogP contribution is 2.38. The number of amides is 2. The van der Waals surface area contributed by atoms with Gasteiger partial charge in [0, 0.05) is 45.6 Å². The van der Waals surface area contributed by atoms with Gasteiger partial charge in [-0.2, -0.15) is 13.2 Å². The first kappa shape index (κ1) is 18.3. The maximum atomic E-state index is 12.7. The molecule has 2 N–H and O–H groups in total. The lowest BCUT2D eigenvalue weighted by Gasteiger charge is -2.39. The number of nitrogens with one attached hydrogen (secondary N) is 1. The Hall–Kier alpha value is -1.02. The normalized spacial score (nSPS) is 26.1. The Labute approximate surface area is 134 Å². The van der Waals surface area contributed by atoms with E-state index in [0.29, 0.717) is 12.5 Å². The van der Waals surface area contributed by atoms with Crippen LogP contribution in [-0.4, -0.2) is 72.0 Å². The molecule has 0 radical (unpaired) electrons. The molecule has 0 spiro atoms. The molecular weight excluding hydrogens is 311 g/mol. The topological polar surface area (TPSA) is 55.8 Å². The molecular formula is C15H26F3N3O2. The van der Waals surface area contributed by atoms with Crippen LogP contribution in [-0.2, 0) is 0 Å². The molecule has 2 aliphatic heterocycles. The number of hydrogen-bond donors (Lipinski definition) is 2. The van der Waals surface area contributed by atoms with Crippen LogP contribution in [0.5, 0.6) is 0 Å². The molecule has 8 heteroatoms. The molecule has 0 saturated carbocycles. The molecule has 2 amide bonds. The second kappa shape index (κ2) is 7.25. The van der Waals surface area contributed by atoms with Crippen LogP contribution in [0.2, 0.25) is 0 Å². The Morgan fingerprint density at radius 2 is 1.96 bits per heavy atom. The molecule has 0 aromatic carbocycles. The molecule has 5 nitrogen and oxygen atoms in total. The van der Waals surface area contributed by atoms with E-state index in [1.54, 1.807) is 0 Å². The highest BCUT2D eigenvalue weighted by Gasteiger charge is 2.54. The third kappa shape index (κ3) is 4.73. The molecule has 2 heterocycles. The van der Waals surface area contributed by atoms with Gasteiger partial charge in [0.25, 0.3) is 0 Å². The van der Waals surface area contributed by atoms with E-state index in [4.69, 9.17) is 0 Å². The first-order valence-corrected chi connectivity index (χ1v) is 8.25. The summed E-state index contributed by atoms with van der Waals surface area (Å²) in [7, 11) is 0. The summed E-state index contributed by atoms with van der Waals surface area (Å²) in [4.78, 5) is 15.6. The molecule has 23 heavy (non-hydrogen) atoms. The maximum Gasteiger partial charge on any atom is 0.417 e. The summed E-state index contributed by atoms with van der Waals surface area (Å²) in [6, 6.07) is -0.348. The van der Waals surface area contributed by atoms with Crippen molar-refractivity contribution >= 4 is 6.03 Å². The number of alkyl halides is 3. The van der Waals surface area contributed by atoms with Gasteiger partial charge < -0.3 is 20.2 Å². The van der Waals surface area contributed by atoms with Gasteiger partial charge >= 0.3 is 12.2 Å². The van der Waals surface area contributed by atoms with E-state index in [2.05, 4.69) is 17.1 Å². The quantitative estimate of drug-likeness (QED) is 0.826. The van der Waals surface area contributed by atoms with E-state index < -0.39 is 24.6 Å². The minimum Gasteiger partial charge on any atom is -0.380 e. The van der Waals surface area contributed by atoms with Crippen LogP contribution in [0.4, 0.5) is 18.0 Å². The number of halogens is 3. The zero-order valence-corrected chi connectivity index (χ0v) is 13.5. The highest BCUT2D eigenvalue weighted by atomic mass is 19.4. The van der Waals surface area contributed by atoms with Gasteiger partial charge in [-0.1, -0.05) is 6.92 Å². The van der Waals surface area contributed by atoms with Crippen molar-refractivity contribution in [2.24, 2.45) is 5.92 Å². The second-order valence-corrected chi connectivity index (χ2v) is 6.80. The smallest absolute Gasteiger partial charge is 0.380 e. The Balaban J connectivity index is 1.69. The van der Waals surface area contributed by atoms with E-state index in [1.807, 2.05) is 0 Å². The fraction of sp³-hybridized carbons (Fsp3) is 0.933. The summed E-state index contributed by atoms with van der Waals surface area (Å²) in [5, 5.41) is 12.4. The number of carbonyl (C=O) groups excluding carboxylic acids is 1. The average Bonchev–Trinajstić information content (AvgIpc) is 2.47. The number of likely N-dealkylation sites (tertiary alicyclic amines) is 2. The Morgan fingerprint density at radius 3 is 2.52 bits per heavy atom. The molecule has 0 aromatic heterocycles. The summed E-state index contributed by atoms with van der Waals surface area (Å²) in [5.74, 6) is 0.668. The molecule has 2 rings (SSSR count). The molecule has 1 atom stereocenters. The standard InChI is InChI=1S/C15H26F3N3O2/c1-12-3-2-7-20(11-12)10-6-19-13(22)21-8-4-14(23,5-9-21)15(16,17)18/h12,23H,2-11H2,1H3,(H,19,22). The van der Waals surface area contributed by atoms with Gasteiger partial charge in [-0.15, -0.1) is 0 Å². The van der Waals surface area contributed by atoms with Gasteiger partial charge in [0.2, 0.25) is 0 Å². The molecule has 2 saturated heterocycles. The second-order valence-electron chi connectivity index (χ2n) is 6.80. The predicted octanol–water partition coefficient (Wildman–Crippen LogP) is 1.82. The lowest BCUT2D eigenvalue weighted by atomic mass is 9.91. The van der Waals surface area contributed by atoms with E-state index in [1.165, 1.54) is 11.3 Å². The van der Waals surface area contributed by atoms with E-state index in [9.17, 15) is 23.1 Å². The van der Waals surface area contributed by atoms with Gasteiger partial charge in [0.05, 0.1) is 0 Å². The summed E-state index contributed by atoms with van der Waals surface area (Å²) in [6.07, 6.45) is -3.17. The van der Waals surface area contributed by atoms with Crippen LogP contribution in [0.1, 0.15) is 32.6 Å². The Bertz CT molecular complexity index is 409. The van der Waals surface area contributed by atoms with Crippen LogP contribution < -0.4 is 5.32 Å². The van der Waals surface area contributed by atoms with Crippen molar-refractivity contribution in [2.75, 3.05) is 39.3 Å². The number of piperidine rings is 2. The SMILES string of the molecule is CC1CCCN(CCNC(=O)N2CCC(O)(C(F)(F)F)CC2)C1. The minimum absolute atomic E-state index is 0.0808. The first-order valence-electron chi connectivity index (χ1n) is 8.25. The van der Waals surface area contributed by atoms with E-state index in [-0.39, 0.29) is 19.1 Å². The lowest BCUT2D eigenvalue weighted by Crippen LogP contribution is -2.56. The monoisotopic (exact) mass is 337 g/mol. The first-order chi connectivity index (χ1) is 10.7. The van der Waals surface area contributed by atoms with Gasteiger partial charge in [0.1, 0.15) is 0 Å². The van der Waals surface area contributed by atoms with Gasteiger partial charge in [-0.25, -0.2) is 4.79 Å². The number of nitrogens with zero attached hydrogens (tertiary/aromatic N) is 2. The lowest BCUT2D eigenvalue weighted by molar-refractivity contribution is -0.271. The van der Waals surface area contributed by atoms with Crippen molar-refractivity contribution in [2.45, 2.75) is 44.4 Å². The van der Waals surface area contributed by atoms with Gasteiger partial charge in [-0.05, 0) is 25.3 Å². The van der Waals surface area contributed by atoms with Crippen LogP contribution in [0.25, 0.3) is 0 Å². The number of urea groups is 1. The van der Waals surface area contributed by atoms with Crippen LogP contribution in [0.15, 0.2) is 0 Å². The average molecular weight is 337 g/mol. The number of rotatable bonds is 3.